The first-order chi connectivity index (χ1) is 13.5. The molecule has 0 aromatic heterocycles. The van der Waals surface area contributed by atoms with Gasteiger partial charge in [0, 0.05) is 38.3 Å². The van der Waals surface area contributed by atoms with Gasteiger partial charge in [-0.25, -0.2) is 0 Å². The van der Waals surface area contributed by atoms with Crippen LogP contribution in [0.25, 0.3) is 0 Å². The fourth-order valence-corrected chi connectivity index (χ4v) is 3.51. The lowest BCUT2D eigenvalue weighted by Gasteiger charge is -2.36. The molecule has 0 radical (unpaired) electrons. The Hall–Kier alpha value is -3.10. The molecular formula is C14H14F3N5O6S. The van der Waals surface area contributed by atoms with E-state index in [2.05, 4.69) is 0 Å². The molecule has 1 aliphatic rings. The number of hydrogen-bond acceptors (Lipinski definition) is 9. The Bertz CT molecular complexity index is 835. The topological polar surface area (TPSA) is 136 Å². The molecule has 0 saturated carbocycles. The van der Waals surface area contributed by atoms with Crippen LogP contribution in [0.4, 0.5) is 30.2 Å². The van der Waals surface area contributed by atoms with Crippen molar-refractivity contribution in [2.45, 2.75) is 6.18 Å². The van der Waals surface area contributed by atoms with E-state index in [1.807, 2.05) is 0 Å². The van der Waals surface area contributed by atoms with Crippen LogP contribution >= 0.6 is 11.8 Å². The van der Waals surface area contributed by atoms with Crippen LogP contribution in [0.3, 0.4) is 0 Å². The Kier molecular flexibility index (Phi) is 6.51. The largest absolute Gasteiger partial charge is 0.416 e. The second-order valence-corrected chi connectivity index (χ2v) is 6.63. The van der Waals surface area contributed by atoms with E-state index in [4.69, 9.17) is 0 Å². The van der Waals surface area contributed by atoms with Gasteiger partial charge in [-0.15, -0.1) is 11.8 Å². The molecule has 0 spiro atoms. The van der Waals surface area contributed by atoms with Crippen LogP contribution < -0.4 is 4.90 Å². The Morgan fingerprint density at radius 1 is 1.03 bits per heavy atom. The first-order valence-corrected chi connectivity index (χ1v) is 9.11. The van der Waals surface area contributed by atoms with E-state index in [0.29, 0.717) is 5.03 Å². The number of benzene rings is 1. The minimum Gasteiger partial charge on any atom is -0.358 e. The molecule has 0 N–H and O–H groups in total. The van der Waals surface area contributed by atoms with E-state index < -0.39 is 43.6 Å². The van der Waals surface area contributed by atoms with Gasteiger partial charge in [-0.05, 0) is 6.26 Å². The Morgan fingerprint density at radius 2 is 1.52 bits per heavy atom. The predicted molar refractivity (Wildman–Crippen MR) is 97.1 cm³/mol. The maximum Gasteiger partial charge on any atom is 0.416 e. The van der Waals surface area contributed by atoms with Gasteiger partial charge in [0.1, 0.15) is 5.03 Å². The summed E-state index contributed by atoms with van der Waals surface area (Å²) in [6.45, 7) is 0.247. The molecule has 1 heterocycles. The summed E-state index contributed by atoms with van der Waals surface area (Å²) in [5, 5.41) is 33.7. The molecule has 1 fully saturated rings. The molecular weight excluding hydrogens is 423 g/mol. The second kappa shape index (κ2) is 8.50. The predicted octanol–water partition coefficient (Wildman–Crippen LogP) is 3.08. The summed E-state index contributed by atoms with van der Waals surface area (Å²) in [7, 11) is 0. The van der Waals surface area contributed by atoms with Crippen molar-refractivity contribution in [3.63, 3.8) is 0 Å². The smallest absolute Gasteiger partial charge is 0.358 e. The maximum atomic E-state index is 13.0. The van der Waals surface area contributed by atoms with Crippen molar-refractivity contribution in [1.82, 2.24) is 4.90 Å². The summed E-state index contributed by atoms with van der Waals surface area (Å²) in [6, 6.07) is 0.545. The molecule has 29 heavy (non-hydrogen) atoms. The van der Waals surface area contributed by atoms with Gasteiger partial charge in [-0.3, -0.25) is 30.3 Å². The highest BCUT2D eigenvalue weighted by atomic mass is 32.2. The average molecular weight is 437 g/mol. The molecule has 0 aliphatic carbocycles. The summed E-state index contributed by atoms with van der Waals surface area (Å²) in [5.74, 6) is 0. The van der Waals surface area contributed by atoms with Crippen molar-refractivity contribution < 1.29 is 27.9 Å². The van der Waals surface area contributed by atoms with Crippen molar-refractivity contribution in [1.29, 1.82) is 0 Å². The van der Waals surface area contributed by atoms with Crippen molar-refractivity contribution in [3.8, 4) is 0 Å². The van der Waals surface area contributed by atoms with Crippen molar-refractivity contribution in [2.75, 3.05) is 37.3 Å². The minimum atomic E-state index is -4.99. The van der Waals surface area contributed by atoms with E-state index >= 15 is 0 Å². The van der Waals surface area contributed by atoms with Crippen LogP contribution in [0.2, 0.25) is 0 Å². The number of alkyl halides is 3. The zero-order valence-corrected chi connectivity index (χ0v) is 15.6. The molecule has 0 bridgehead atoms. The van der Waals surface area contributed by atoms with E-state index in [1.165, 1.54) is 4.90 Å². The average Bonchev–Trinajstić information content (AvgIpc) is 2.64. The Balaban J connectivity index is 2.44. The van der Waals surface area contributed by atoms with E-state index in [-0.39, 0.29) is 38.3 Å². The number of nitro groups is 3. The van der Waals surface area contributed by atoms with Crippen LogP contribution in [0, 0.1) is 30.3 Å². The molecule has 1 aromatic rings. The van der Waals surface area contributed by atoms with Crippen LogP contribution in [0.15, 0.2) is 23.4 Å². The normalized spacial score (nSPS) is 15.4. The van der Waals surface area contributed by atoms with Gasteiger partial charge in [0.2, 0.25) is 0 Å². The first-order valence-electron chi connectivity index (χ1n) is 7.89. The Morgan fingerprint density at radius 3 is 1.86 bits per heavy atom. The van der Waals surface area contributed by atoms with Gasteiger partial charge in [-0.2, -0.15) is 13.2 Å². The van der Waals surface area contributed by atoms with Crippen molar-refractivity contribution >= 4 is 28.8 Å². The fraction of sp³-hybridized carbons (Fsp3) is 0.429. The number of hydrogen-bond donors (Lipinski definition) is 0. The lowest BCUT2D eigenvalue weighted by Crippen LogP contribution is -2.46. The van der Waals surface area contributed by atoms with Gasteiger partial charge in [0.25, 0.3) is 17.6 Å². The van der Waals surface area contributed by atoms with Crippen LogP contribution in [0.1, 0.15) is 5.56 Å². The SMILES string of the molecule is CS/C(=C\[N+](=O)[O-])N1CCN(c2c([N+](=O)[O-])cc(C(F)(F)F)cc2[N+](=O)[O-])CC1. The summed E-state index contributed by atoms with van der Waals surface area (Å²) < 4.78 is 39.0. The highest BCUT2D eigenvalue weighted by Crippen LogP contribution is 2.43. The molecule has 0 unspecified atom stereocenters. The second-order valence-electron chi connectivity index (χ2n) is 5.81. The van der Waals surface area contributed by atoms with Crippen LogP contribution in [-0.2, 0) is 6.18 Å². The molecule has 0 amide bonds. The molecule has 11 nitrogen and oxygen atoms in total. The monoisotopic (exact) mass is 437 g/mol. The van der Waals surface area contributed by atoms with Gasteiger partial charge in [-0.1, -0.05) is 0 Å². The zero-order chi connectivity index (χ0) is 21.9. The lowest BCUT2D eigenvalue weighted by molar-refractivity contribution is -0.403. The maximum absolute atomic E-state index is 13.0. The third kappa shape index (κ3) is 5.04. The van der Waals surface area contributed by atoms with Crippen LogP contribution in [0.5, 0.6) is 0 Å². The molecule has 158 valence electrons. The molecule has 0 atom stereocenters. The number of nitrogens with zero attached hydrogens (tertiary/aromatic N) is 5. The van der Waals surface area contributed by atoms with Crippen molar-refractivity contribution in [2.24, 2.45) is 0 Å². The lowest BCUT2D eigenvalue weighted by atomic mass is 10.1. The molecule has 1 aliphatic heterocycles. The third-order valence-electron chi connectivity index (χ3n) is 4.12. The van der Waals surface area contributed by atoms with E-state index in [1.54, 1.807) is 11.2 Å². The molecule has 1 saturated heterocycles. The van der Waals surface area contributed by atoms with Gasteiger partial charge in [0.05, 0.1) is 20.3 Å². The highest BCUT2D eigenvalue weighted by molar-refractivity contribution is 8.02. The minimum absolute atomic E-state index is 0.0113. The number of nitro benzene ring substituents is 2. The summed E-state index contributed by atoms with van der Waals surface area (Å²) >= 11 is 1.11. The summed E-state index contributed by atoms with van der Waals surface area (Å²) in [4.78, 5) is 33.4. The quantitative estimate of drug-likeness (QED) is 0.486. The number of piperazine rings is 1. The van der Waals surface area contributed by atoms with Crippen LogP contribution in [-0.4, -0.2) is 52.1 Å². The van der Waals surface area contributed by atoms with Gasteiger partial charge < -0.3 is 9.80 Å². The van der Waals surface area contributed by atoms with E-state index in [0.717, 1.165) is 18.0 Å². The number of anilines is 1. The molecule has 1 aromatic carbocycles. The molecule has 15 heteroatoms. The summed E-state index contributed by atoms with van der Waals surface area (Å²) in [5.41, 5.74) is -4.05. The van der Waals surface area contributed by atoms with Gasteiger partial charge >= 0.3 is 6.18 Å². The van der Waals surface area contributed by atoms with Crippen molar-refractivity contribution in [3.05, 3.63) is 59.3 Å². The van der Waals surface area contributed by atoms with E-state index in [9.17, 15) is 43.5 Å². The number of rotatable bonds is 6. The molecule has 2 rings (SSSR count). The third-order valence-corrected chi connectivity index (χ3v) is 4.90. The number of thioether (sulfide) groups is 1. The first kappa shape index (κ1) is 22.2. The van der Waals surface area contributed by atoms with Gasteiger partial charge in [0.15, 0.2) is 5.69 Å². The highest BCUT2D eigenvalue weighted by Gasteiger charge is 2.39. The number of halogens is 3. The summed E-state index contributed by atoms with van der Waals surface area (Å²) in [6.07, 6.45) is -2.58. The Labute approximate surface area is 165 Å². The fourth-order valence-electron chi connectivity index (χ4n) is 2.87. The standard InChI is InChI=1S/C14H14F3N5O6S/c1-29-12(8-20(23)24)18-2-4-19(5-3-18)13-10(21(25)26)6-9(14(15,16)17)7-11(13)22(27)28/h6-8H,2-5H2,1H3/b12-8-. The zero-order valence-electron chi connectivity index (χ0n) is 14.8.